The van der Waals surface area contributed by atoms with Crippen molar-refractivity contribution < 1.29 is 49.1 Å². The molecule has 0 saturated heterocycles. The minimum Gasteiger partial charge on any atom is -0.415 e. The lowest BCUT2D eigenvalue weighted by molar-refractivity contribution is -0.147. The van der Waals surface area contributed by atoms with Crippen LogP contribution in [0.3, 0.4) is 0 Å². The van der Waals surface area contributed by atoms with Crippen LogP contribution in [0.4, 0.5) is 26.3 Å². The molecule has 0 radical (unpaired) electrons. The molecule has 232 valence electrons. The molecule has 3 rings (SSSR count). The summed E-state index contributed by atoms with van der Waals surface area (Å²) in [6.45, 7) is 2.52. The quantitative estimate of drug-likeness (QED) is 0.276. The van der Waals surface area contributed by atoms with Gasteiger partial charge in [0.1, 0.15) is 28.8 Å². The number of aromatic nitrogens is 3. The van der Waals surface area contributed by atoms with Gasteiger partial charge in [-0.2, -0.15) is 31.1 Å². The SMILES string of the molecule is CCN(CC(F)(F)F)C(=O)c1nc(-c2nnc(C(C)(C)O)o2)sc1-c1ccc(S(=O)(=O)N[C@@H](C)C(F)(F)F)c(Cl)c1Cl. The molecule has 2 heterocycles. The van der Waals surface area contributed by atoms with Crippen LogP contribution in [0, 0.1) is 0 Å². The monoisotopic (exact) mass is 683 g/mol. The average Bonchev–Trinajstić information content (AvgIpc) is 3.50. The van der Waals surface area contributed by atoms with Crippen LogP contribution in [0.1, 0.15) is 44.1 Å². The van der Waals surface area contributed by atoms with Crippen molar-refractivity contribution in [3.05, 3.63) is 33.8 Å². The van der Waals surface area contributed by atoms with E-state index in [1.807, 2.05) is 0 Å². The van der Waals surface area contributed by atoms with Gasteiger partial charge in [-0.3, -0.25) is 4.79 Å². The van der Waals surface area contributed by atoms with Crippen LogP contribution in [0.25, 0.3) is 21.3 Å². The van der Waals surface area contributed by atoms with E-state index in [2.05, 4.69) is 15.2 Å². The lowest BCUT2D eigenvalue weighted by atomic mass is 10.1. The summed E-state index contributed by atoms with van der Waals surface area (Å²) in [5, 5.41) is 16.1. The highest BCUT2D eigenvalue weighted by atomic mass is 35.5. The van der Waals surface area contributed by atoms with Crippen LogP contribution in [0.15, 0.2) is 21.4 Å². The van der Waals surface area contributed by atoms with Crippen LogP contribution < -0.4 is 4.72 Å². The van der Waals surface area contributed by atoms with E-state index >= 15 is 0 Å². The lowest BCUT2D eigenvalue weighted by Gasteiger charge is -2.22. The summed E-state index contributed by atoms with van der Waals surface area (Å²) in [7, 11) is -4.86. The Hall–Kier alpha value is -2.51. The molecule has 0 aliphatic rings. The standard InChI is InChI=1S/C22H21Cl2F6N5O5S2/c1-5-35(8-21(25,26)27)18(36)14-15(41-17(31-14)16-32-33-19(40-16)20(3,4)37)10-6-7-11(13(24)12(10)23)42(38,39)34-9(2)22(28,29)30/h6-7,9,34,37H,5,8H2,1-4H3/t9-/m0/s1. The molecular weight excluding hydrogens is 663 g/mol. The molecule has 1 amide bonds. The van der Waals surface area contributed by atoms with Gasteiger partial charge >= 0.3 is 12.4 Å². The molecule has 1 aromatic carbocycles. The summed E-state index contributed by atoms with van der Waals surface area (Å²) in [6, 6.07) is -0.664. The van der Waals surface area contributed by atoms with Crippen molar-refractivity contribution in [1.82, 2.24) is 24.8 Å². The fourth-order valence-electron chi connectivity index (χ4n) is 3.27. The fraction of sp³-hybridized carbons (Fsp3) is 0.455. The first kappa shape index (κ1) is 34.0. The smallest absolute Gasteiger partial charge is 0.406 e. The molecule has 0 fully saturated rings. The molecule has 42 heavy (non-hydrogen) atoms. The third-order valence-electron chi connectivity index (χ3n) is 5.40. The lowest BCUT2D eigenvalue weighted by Crippen LogP contribution is -2.43. The number of halogens is 8. The Labute approximate surface area is 248 Å². The van der Waals surface area contributed by atoms with E-state index < -0.39 is 67.1 Å². The first-order valence-corrected chi connectivity index (χ1v) is 14.6. The zero-order valence-electron chi connectivity index (χ0n) is 21.9. The molecule has 20 heteroatoms. The minimum absolute atomic E-state index is 0.177. The Morgan fingerprint density at radius 3 is 2.26 bits per heavy atom. The van der Waals surface area contributed by atoms with E-state index in [0.29, 0.717) is 23.2 Å². The van der Waals surface area contributed by atoms with Gasteiger partial charge in [-0.25, -0.2) is 13.4 Å². The second-order valence-electron chi connectivity index (χ2n) is 9.23. The zero-order valence-corrected chi connectivity index (χ0v) is 25.0. The van der Waals surface area contributed by atoms with Crippen molar-refractivity contribution in [2.24, 2.45) is 0 Å². The largest absolute Gasteiger partial charge is 0.415 e. The normalized spacial score (nSPS) is 13.8. The van der Waals surface area contributed by atoms with Crippen LogP contribution >= 0.6 is 34.5 Å². The van der Waals surface area contributed by atoms with Gasteiger partial charge in [-0.05, 0) is 33.8 Å². The van der Waals surface area contributed by atoms with Crippen molar-refractivity contribution in [2.75, 3.05) is 13.1 Å². The number of hydrogen-bond acceptors (Lipinski definition) is 9. The maximum atomic E-state index is 13.3. The first-order valence-electron chi connectivity index (χ1n) is 11.6. The van der Waals surface area contributed by atoms with Crippen molar-refractivity contribution in [3.63, 3.8) is 0 Å². The maximum Gasteiger partial charge on any atom is 0.406 e. The Morgan fingerprint density at radius 1 is 1.14 bits per heavy atom. The van der Waals surface area contributed by atoms with Gasteiger partial charge in [0.05, 0.1) is 14.9 Å². The molecule has 2 aromatic heterocycles. The van der Waals surface area contributed by atoms with Crippen LogP contribution in [-0.2, 0) is 15.6 Å². The van der Waals surface area contributed by atoms with Crippen LogP contribution in [0.2, 0.25) is 10.0 Å². The number of sulfonamides is 1. The summed E-state index contributed by atoms with van der Waals surface area (Å²) in [5.74, 6) is -1.76. The third-order valence-corrected chi connectivity index (χ3v) is 9.06. The summed E-state index contributed by atoms with van der Waals surface area (Å²) >= 11 is 13.1. The van der Waals surface area contributed by atoms with Crippen molar-refractivity contribution in [2.45, 2.75) is 56.6 Å². The molecule has 2 N–H and O–H groups in total. The van der Waals surface area contributed by atoms with Gasteiger partial charge in [-0.15, -0.1) is 21.5 Å². The van der Waals surface area contributed by atoms with E-state index in [1.54, 1.807) is 0 Å². The van der Waals surface area contributed by atoms with Gasteiger partial charge in [0.15, 0.2) is 5.01 Å². The molecule has 0 aliphatic heterocycles. The molecule has 0 saturated carbocycles. The molecule has 0 spiro atoms. The number of nitrogens with zero attached hydrogens (tertiary/aromatic N) is 4. The second-order valence-corrected chi connectivity index (χ2v) is 12.7. The average molecular weight is 684 g/mol. The fourth-order valence-corrected chi connectivity index (χ4v) is 6.43. The summed E-state index contributed by atoms with van der Waals surface area (Å²) in [4.78, 5) is 16.8. The first-order chi connectivity index (χ1) is 19.1. The number of alkyl halides is 6. The Morgan fingerprint density at radius 2 is 1.76 bits per heavy atom. The number of rotatable bonds is 9. The van der Waals surface area contributed by atoms with Crippen molar-refractivity contribution in [3.8, 4) is 21.3 Å². The predicted octanol–water partition coefficient (Wildman–Crippen LogP) is 5.65. The van der Waals surface area contributed by atoms with E-state index in [0.717, 1.165) is 12.1 Å². The number of benzene rings is 1. The molecule has 0 unspecified atom stereocenters. The Kier molecular flexibility index (Phi) is 9.61. The van der Waals surface area contributed by atoms with Gasteiger partial charge in [0.2, 0.25) is 15.9 Å². The van der Waals surface area contributed by atoms with Gasteiger partial charge in [0, 0.05) is 12.1 Å². The molecular formula is C22H21Cl2F6N5O5S2. The van der Waals surface area contributed by atoms with Gasteiger partial charge in [0.25, 0.3) is 11.8 Å². The Balaban J connectivity index is 2.19. The number of aliphatic hydroxyl groups is 1. The van der Waals surface area contributed by atoms with Crippen molar-refractivity contribution in [1.29, 1.82) is 0 Å². The molecule has 10 nitrogen and oxygen atoms in total. The number of carbonyl (C=O) groups excluding carboxylic acids is 1. The van der Waals surface area contributed by atoms with Gasteiger partial charge < -0.3 is 14.4 Å². The highest BCUT2D eigenvalue weighted by molar-refractivity contribution is 7.89. The molecule has 0 aliphatic carbocycles. The van der Waals surface area contributed by atoms with E-state index in [4.69, 9.17) is 27.6 Å². The summed E-state index contributed by atoms with van der Waals surface area (Å²) in [5.41, 5.74) is -2.32. The van der Waals surface area contributed by atoms with E-state index in [1.165, 1.54) is 25.5 Å². The number of thiazole rings is 1. The molecule has 0 bridgehead atoms. The third kappa shape index (κ3) is 7.52. The Bertz CT molecular complexity index is 1590. The van der Waals surface area contributed by atoms with Gasteiger partial charge in [-0.1, -0.05) is 29.3 Å². The molecule has 1 atom stereocenters. The number of nitrogens with one attached hydrogen (secondary N) is 1. The second kappa shape index (κ2) is 11.9. The topological polar surface area (TPSA) is 139 Å². The maximum absolute atomic E-state index is 13.3. The minimum atomic E-state index is -4.92. The number of carbonyl (C=O) groups is 1. The van der Waals surface area contributed by atoms with Crippen LogP contribution in [-0.4, -0.2) is 71.0 Å². The number of hydrogen-bond donors (Lipinski definition) is 2. The summed E-state index contributed by atoms with van der Waals surface area (Å²) in [6.07, 6.45) is -9.69. The highest BCUT2D eigenvalue weighted by Gasteiger charge is 2.40. The van der Waals surface area contributed by atoms with E-state index in [9.17, 15) is 44.7 Å². The van der Waals surface area contributed by atoms with Crippen molar-refractivity contribution >= 4 is 50.5 Å². The van der Waals surface area contributed by atoms with Crippen LogP contribution in [0.5, 0.6) is 0 Å². The molecule has 3 aromatic rings. The highest BCUT2D eigenvalue weighted by Crippen LogP contribution is 2.44. The predicted molar refractivity (Wildman–Crippen MR) is 140 cm³/mol. The zero-order chi connectivity index (χ0) is 32.0. The number of amides is 1. The van der Waals surface area contributed by atoms with E-state index in [-0.39, 0.29) is 33.8 Å². The summed E-state index contributed by atoms with van der Waals surface area (Å²) < 4.78 is 111.